The summed E-state index contributed by atoms with van der Waals surface area (Å²) >= 11 is 7.60. The second kappa shape index (κ2) is 7.73. The first kappa shape index (κ1) is 16.9. The van der Waals surface area contributed by atoms with Gasteiger partial charge < -0.3 is 9.15 Å². The van der Waals surface area contributed by atoms with Gasteiger partial charge in [0.2, 0.25) is 0 Å². The van der Waals surface area contributed by atoms with Crippen molar-refractivity contribution in [1.29, 1.82) is 0 Å². The number of para-hydroxylation sites is 1. The van der Waals surface area contributed by atoms with Gasteiger partial charge in [-0.25, -0.2) is 0 Å². The van der Waals surface area contributed by atoms with Crippen molar-refractivity contribution in [3.63, 3.8) is 0 Å². The SMILES string of the molecule is Cc1cccc(C)c1OCc1nnc(SCc2ccccc2Cl)o1. The Morgan fingerprint density at radius 2 is 1.79 bits per heavy atom. The maximum atomic E-state index is 6.14. The second-order valence-corrected chi connectivity index (χ2v) is 6.69. The van der Waals surface area contributed by atoms with Crippen LogP contribution in [0.4, 0.5) is 0 Å². The van der Waals surface area contributed by atoms with Gasteiger partial charge in [0.1, 0.15) is 5.75 Å². The molecule has 1 heterocycles. The van der Waals surface area contributed by atoms with Crippen molar-refractivity contribution in [3.05, 3.63) is 70.1 Å². The summed E-state index contributed by atoms with van der Waals surface area (Å²) in [5.41, 5.74) is 3.21. The minimum atomic E-state index is 0.255. The molecule has 4 nitrogen and oxygen atoms in total. The zero-order chi connectivity index (χ0) is 16.9. The van der Waals surface area contributed by atoms with E-state index in [9.17, 15) is 0 Å². The number of rotatable bonds is 6. The molecule has 0 atom stereocenters. The minimum absolute atomic E-state index is 0.255. The largest absolute Gasteiger partial charge is 0.483 e. The summed E-state index contributed by atoms with van der Waals surface area (Å²) in [6.07, 6.45) is 0. The maximum absolute atomic E-state index is 6.14. The standard InChI is InChI=1S/C18H17ClN2O2S/c1-12-6-5-7-13(2)17(12)22-10-16-20-21-18(23-16)24-11-14-8-3-4-9-15(14)19/h3-9H,10-11H2,1-2H3. The summed E-state index contributed by atoms with van der Waals surface area (Å²) < 4.78 is 11.4. The molecule has 0 aliphatic heterocycles. The van der Waals surface area contributed by atoms with E-state index < -0.39 is 0 Å². The molecule has 0 fully saturated rings. The Kier molecular flexibility index (Phi) is 5.43. The Bertz CT molecular complexity index is 815. The molecule has 0 spiro atoms. The molecule has 6 heteroatoms. The number of ether oxygens (including phenoxy) is 1. The summed E-state index contributed by atoms with van der Waals surface area (Å²) in [5.74, 6) is 2.00. The smallest absolute Gasteiger partial charge is 0.277 e. The van der Waals surface area contributed by atoms with Crippen molar-refractivity contribution in [2.75, 3.05) is 0 Å². The van der Waals surface area contributed by atoms with Crippen LogP contribution in [0.2, 0.25) is 5.02 Å². The Balaban J connectivity index is 1.59. The monoisotopic (exact) mass is 360 g/mol. The van der Waals surface area contributed by atoms with Gasteiger partial charge in [0, 0.05) is 10.8 Å². The van der Waals surface area contributed by atoms with Gasteiger partial charge in [-0.3, -0.25) is 0 Å². The number of thioether (sulfide) groups is 1. The molecule has 2 aromatic carbocycles. The lowest BCUT2D eigenvalue weighted by atomic mass is 10.1. The van der Waals surface area contributed by atoms with Crippen molar-refractivity contribution in [3.8, 4) is 5.75 Å². The molecular formula is C18H17ClN2O2S. The van der Waals surface area contributed by atoms with E-state index in [1.165, 1.54) is 11.8 Å². The molecule has 1 aromatic heterocycles. The first-order valence-electron chi connectivity index (χ1n) is 7.51. The van der Waals surface area contributed by atoms with Gasteiger partial charge in [-0.15, -0.1) is 10.2 Å². The molecule has 0 unspecified atom stereocenters. The summed E-state index contributed by atoms with van der Waals surface area (Å²) in [6, 6.07) is 13.8. The molecule has 0 bridgehead atoms. The molecule has 0 aliphatic carbocycles. The highest BCUT2D eigenvalue weighted by Gasteiger charge is 2.10. The molecule has 3 aromatic rings. The first-order valence-corrected chi connectivity index (χ1v) is 8.87. The summed E-state index contributed by atoms with van der Waals surface area (Å²) in [7, 11) is 0. The first-order chi connectivity index (χ1) is 11.6. The molecule has 0 amide bonds. The van der Waals surface area contributed by atoms with E-state index in [0.29, 0.717) is 16.9 Å². The van der Waals surface area contributed by atoms with E-state index in [2.05, 4.69) is 10.2 Å². The number of nitrogens with zero attached hydrogens (tertiary/aromatic N) is 2. The molecular weight excluding hydrogens is 344 g/mol. The fourth-order valence-electron chi connectivity index (χ4n) is 2.27. The third-order valence-corrected chi connectivity index (χ3v) is 4.74. The summed E-state index contributed by atoms with van der Waals surface area (Å²) in [4.78, 5) is 0. The van der Waals surface area contributed by atoms with Gasteiger partial charge in [-0.2, -0.15) is 0 Å². The number of halogens is 1. The van der Waals surface area contributed by atoms with E-state index >= 15 is 0 Å². The molecule has 0 aliphatic rings. The summed E-state index contributed by atoms with van der Waals surface area (Å²) in [5, 5.41) is 9.32. The lowest BCUT2D eigenvalue weighted by molar-refractivity contribution is 0.249. The molecule has 0 saturated carbocycles. The molecule has 24 heavy (non-hydrogen) atoms. The van der Waals surface area contributed by atoms with Gasteiger partial charge in [-0.1, -0.05) is 59.8 Å². The predicted octanol–water partition coefficient (Wildman–Crippen LogP) is 5.21. The second-order valence-electron chi connectivity index (χ2n) is 5.35. The Morgan fingerprint density at radius 1 is 1.04 bits per heavy atom. The molecule has 3 rings (SSSR count). The van der Waals surface area contributed by atoms with Crippen LogP contribution < -0.4 is 4.74 Å². The molecule has 0 N–H and O–H groups in total. The lowest BCUT2D eigenvalue weighted by Gasteiger charge is -2.09. The fraction of sp³-hybridized carbons (Fsp3) is 0.222. The Morgan fingerprint density at radius 3 is 2.54 bits per heavy atom. The van der Waals surface area contributed by atoms with Crippen molar-refractivity contribution in [1.82, 2.24) is 10.2 Å². The van der Waals surface area contributed by atoms with E-state index in [-0.39, 0.29) is 6.61 Å². The molecule has 0 radical (unpaired) electrons. The number of hydrogen-bond acceptors (Lipinski definition) is 5. The molecule has 124 valence electrons. The number of aryl methyl sites for hydroxylation is 2. The highest BCUT2D eigenvalue weighted by atomic mass is 35.5. The number of aromatic nitrogens is 2. The van der Waals surface area contributed by atoms with Crippen molar-refractivity contribution < 1.29 is 9.15 Å². The van der Waals surface area contributed by atoms with E-state index in [1.54, 1.807) is 0 Å². The average Bonchev–Trinajstić information content (AvgIpc) is 3.01. The molecule has 0 saturated heterocycles. The topological polar surface area (TPSA) is 48.2 Å². The number of benzene rings is 2. The number of hydrogen-bond donors (Lipinski definition) is 0. The van der Waals surface area contributed by atoms with Crippen LogP contribution in [-0.4, -0.2) is 10.2 Å². The van der Waals surface area contributed by atoms with Crippen LogP contribution in [0.3, 0.4) is 0 Å². The maximum Gasteiger partial charge on any atom is 0.277 e. The van der Waals surface area contributed by atoms with Gasteiger partial charge in [0.25, 0.3) is 11.1 Å². The summed E-state index contributed by atoms with van der Waals surface area (Å²) in [6.45, 7) is 4.29. The van der Waals surface area contributed by atoms with Crippen LogP contribution in [0.1, 0.15) is 22.6 Å². The van der Waals surface area contributed by atoms with Crippen molar-refractivity contribution in [2.24, 2.45) is 0 Å². The lowest BCUT2D eigenvalue weighted by Crippen LogP contribution is -1.99. The van der Waals surface area contributed by atoms with Crippen molar-refractivity contribution >= 4 is 23.4 Å². The normalized spacial score (nSPS) is 10.8. The van der Waals surface area contributed by atoms with E-state index in [4.69, 9.17) is 20.8 Å². The highest BCUT2D eigenvalue weighted by molar-refractivity contribution is 7.98. The zero-order valence-electron chi connectivity index (χ0n) is 13.5. The van der Waals surface area contributed by atoms with Crippen molar-refractivity contribution in [2.45, 2.75) is 31.4 Å². The third kappa shape index (κ3) is 4.10. The van der Waals surface area contributed by atoms with E-state index in [1.807, 2.05) is 56.3 Å². The van der Waals surface area contributed by atoms with Gasteiger partial charge >= 0.3 is 0 Å². The highest BCUT2D eigenvalue weighted by Crippen LogP contribution is 2.27. The predicted molar refractivity (Wildman–Crippen MR) is 95.6 cm³/mol. The Hall–Kier alpha value is -1.98. The van der Waals surface area contributed by atoms with Gasteiger partial charge in [0.15, 0.2) is 6.61 Å². The van der Waals surface area contributed by atoms with Crippen LogP contribution in [0.15, 0.2) is 52.1 Å². The van der Waals surface area contributed by atoms with Crippen LogP contribution in [0.5, 0.6) is 5.75 Å². The van der Waals surface area contributed by atoms with Crippen LogP contribution >= 0.6 is 23.4 Å². The Labute approximate surface area is 150 Å². The zero-order valence-corrected chi connectivity index (χ0v) is 15.0. The van der Waals surface area contributed by atoms with Crippen LogP contribution in [0.25, 0.3) is 0 Å². The fourth-order valence-corrected chi connectivity index (χ4v) is 3.34. The average molecular weight is 361 g/mol. The third-order valence-electron chi connectivity index (χ3n) is 3.51. The minimum Gasteiger partial charge on any atom is -0.483 e. The van der Waals surface area contributed by atoms with Gasteiger partial charge in [0.05, 0.1) is 0 Å². The quantitative estimate of drug-likeness (QED) is 0.564. The van der Waals surface area contributed by atoms with Crippen LogP contribution in [-0.2, 0) is 12.4 Å². The van der Waals surface area contributed by atoms with E-state index in [0.717, 1.165) is 27.5 Å². The van der Waals surface area contributed by atoms with Gasteiger partial charge in [-0.05, 0) is 36.6 Å². The van der Waals surface area contributed by atoms with Crippen LogP contribution in [0, 0.1) is 13.8 Å².